The van der Waals surface area contributed by atoms with Crippen LogP contribution in [0.5, 0.6) is 0 Å². The van der Waals surface area contributed by atoms with Gasteiger partial charge in [-0.05, 0) is 63.6 Å². The molecule has 2 aromatic carbocycles. The van der Waals surface area contributed by atoms with Crippen molar-refractivity contribution < 1.29 is 9.18 Å². The lowest BCUT2D eigenvalue weighted by atomic mass is 10.1. The number of fused-ring (bicyclic) bond motifs is 1. The Labute approximate surface area is 161 Å². The van der Waals surface area contributed by atoms with E-state index in [1.165, 1.54) is 27.6 Å². The maximum absolute atomic E-state index is 13.8. The van der Waals surface area contributed by atoms with E-state index in [9.17, 15) is 14.0 Å². The molecule has 3 aromatic rings. The minimum atomic E-state index is -0.584. The van der Waals surface area contributed by atoms with Crippen molar-refractivity contribution in [2.75, 3.05) is 5.32 Å². The molecule has 5 nitrogen and oxygen atoms in total. The van der Waals surface area contributed by atoms with Crippen molar-refractivity contribution in [2.24, 2.45) is 0 Å². The third-order valence-corrected chi connectivity index (χ3v) is 4.54. The fourth-order valence-corrected chi connectivity index (χ4v) is 3.28. The summed E-state index contributed by atoms with van der Waals surface area (Å²) in [5, 5.41) is 3.70. The Kier molecular flexibility index (Phi) is 4.86. The number of benzene rings is 2. The Bertz CT molecular complexity index is 1090. The molecule has 7 heteroatoms. The number of nitrogens with one attached hydrogen (secondary N) is 1. The second kappa shape index (κ2) is 6.85. The Morgan fingerprint density at radius 1 is 1.19 bits per heavy atom. The summed E-state index contributed by atoms with van der Waals surface area (Å²) in [5.74, 6) is -0.798. The molecule has 0 radical (unpaired) electrons. The quantitative estimate of drug-likeness (QED) is 0.726. The van der Waals surface area contributed by atoms with Crippen LogP contribution >= 0.6 is 11.6 Å². The molecule has 0 aliphatic rings. The number of aryl methyl sites for hydroxylation is 1. The third-order valence-electron chi connectivity index (χ3n) is 4.30. The highest BCUT2D eigenvalue weighted by atomic mass is 35.5. The molecule has 27 heavy (non-hydrogen) atoms. The molecule has 0 aliphatic heterocycles. The van der Waals surface area contributed by atoms with Crippen molar-refractivity contribution in [1.82, 2.24) is 9.36 Å². The van der Waals surface area contributed by atoms with Crippen LogP contribution in [-0.2, 0) is 16.9 Å². The first-order chi connectivity index (χ1) is 12.6. The minimum absolute atomic E-state index is 0.134. The van der Waals surface area contributed by atoms with Gasteiger partial charge in [-0.25, -0.2) is 9.07 Å². The number of carbonyl (C=O) groups is 1. The van der Waals surface area contributed by atoms with Crippen LogP contribution in [0.1, 0.15) is 26.3 Å². The lowest BCUT2D eigenvalue weighted by Gasteiger charge is -2.24. The van der Waals surface area contributed by atoms with E-state index in [0.29, 0.717) is 21.6 Å². The molecule has 142 valence electrons. The molecule has 0 spiro atoms. The van der Waals surface area contributed by atoms with Gasteiger partial charge in [0.25, 0.3) is 5.56 Å². The van der Waals surface area contributed by atoms with Crippen LogP contribution < -0.4 is 10.9 Å². The molecule has 1 heterocycles. The van der Waals surface area contributed by atoms with Gasteiger partial charge in [-0.3, -0.25) is 14.3 Å². The smallest absolute Gasteiger partial charge is 0.275 e. The second-order valence-corrected chi connectivity index (χ2v) is 7.95. The molecule has 0 atom stereocenters. The Morgan fingerprint density at radius 3 is 2.56 bits per heavy atom. The summed E-state index contributed by atoms with van der Waals surface area (Å²) < 4.78 is 16.8. The van der Waals surface area contributed by atoms with E-state index in [-0.39, 0.29) is 18.0 Å². The molecular formula is C20H21ClFN3O2. The summed E-state index contributed by atoms with van der Waals surface area (Å²) in [4.78, 5) is 25.5. The topological polar surface area (TPSA) is 56.0 Å². The zero-order chi connectivity index (χ0) is 19.9. The zero-order valence-electron chi connectivity index (χ0n) is 15.6. The largest absolute Gasteiger partial charge is 0.324 e. The predicted molar refractivity (Wildman–Crippen MR) is 106 cm³/mol. The molecule has 0 fully saturated rings. The summed E-state index contributed by atoms with van der Waals surface area (Å²) in [7, 11) is 0. The third kappa shape index (κ3) is 3.76. The van der Waals surface area contributed by atoms with Crippen molar-refractivity contribution in [1.29, 1.82) is 0 Å². The number of carbonyl (C=O) groups excluding carboxylic acids is 1. The number of aromatic nitrogens is 2. The van der Waals surface area contributed by atoms with Crippen molar-refractivity contribution in [3.63, 3.8) is 0 Å². The molecule has 1 amide bonds. The van der Waals surface area contributed by atoms with Crippen LogP contribution in [-0.4, -0.2) is 15.3 Å². The van der Waals surface area contributed by atoms with Crippen molar-refractivity contribution in [3.05, 3.63) is 63.2 Å². The van der Waals surface area contributed by atoms with Crippen molar-refractivity contribution in [2.45, 2.75) is 39.8 Å². The van der Waals surface area contributed by atoms with E-state index < -0.39 is 11.4 Å². The average molecular weight is 390 g/mol. The van der Waals surface area contributed by atoms with Gasteiger partial charge in [0, 0.05) is 10.7 Å². The van der Waals surface area contributed by atoms with E-state index >= 15 is 0 Å². The van der Waals surface area contributed by atoms with Crippen molar-refractivity contribution in [3.8, 4) is 0 Å². The number of anilines is 1. The normalized spacial score (nSPS) is 11.8. The molecule has 0 bridgehead atoms. The molecular weight excluding hydrogens is 369 g/mol. The van der Waals surface area contributed by atoms with E-state index in [1.54, 1.807) is 12.1 Å². The number of hydrogen-bond donors (Lipinski definition) is 1. The minimum Gasteiger partial charge on any atom is -0.324 e. The second-order valence-electron chi connectivity index (χ2n) is 7.51. The Hall–Kier alpha value is -2.60. The fourth-order valence-electron chi connectivity index (χ4n) is 3.11. The van der Waals surface area contributed by atoms with E-state index in [1.807, 2.05) is 33.8 Å². The van der Waals surface area contributed by atoms with Gasteiger partial charge in [0.15, 0.2) is 0 Å². The predicted octanol–water partition coefficient (Wildman–Crippen LogP) is 4.30. The number of nitrogens with zero attached hydrogens (tertiary/aromatic N) is 2. The average Bonchev–Trinajstić information content (AvgIpc) is 2.82. The summed E-state index contributed by atoms with van der Waals surface area (Å²) in [5.41, 5.74) is 1.00. The molecule has 3 rings (SSSR count). The molecule has 1 N–H and O–H groups in total. The molecule has 1 aromatic heterocycles. The monoisotopic (exact) mass is 389 g/mol. The highest BCUT2D eigenvalue weighted by Gasteiger charge is 2.24. The van der Waals surface area contributed by atoms with Gasteiger partial charge >= 0.3 is 0 Å². The van der Waals surface area contributed by atoms with Crippen LogP contribution in [0.2, 0.25) is 5.02 Å². The van der Waals surface area contributed by atoms with E-state index in [4.69, 9.17) is 11.6 Å². The van der Waals surface area contributed by atoms with Gasteiger partial charge in [-0.1, -0.05) is 17.7 Å². The highest BCUT2D eigenvalue weighted by Crippen LogP contribution is 2.22. The van der Waals surface area contributed by atoms with Gasteiger partial charge < -0.3 is 5.32 Å². The highest BCUT2D eigenvalue weighted by molar-refractivity contribution is 6.31. The maximum atomic E-state index is 13.8. The van der Waals surface area contributed by atoms with Crippen LogP contribution in [0.3, 0.4) is 0 Å². The molecule has 0 unspecified atom stereocenters. The van der Waals surface area contributed by atoms with Crippen LogP contribution in [0.15, 0.2) is 41.2 Å². The zero-order valence-corrected chi connectivity index (χ0v) is 16.4. The Balaban J connectivity index is 2.05. The number of halogens is 2. The van der Waals surface area contributed by atoms with Crippen molar-refractivity contribution >= 4 is 34.1 Å². The SMILES string of the molecule is Cc1ccc(Cl)cc1NC(=O)Cn1c2cc(F)ccc2c(=O)n1C(C)(C)C. The van der Waals surface area contributed by atoms with E-state index in [0.717, 1.165) is 5.56 Å². The maximum Gasteiger partial charge on any atom is 0.275 e. The molecule has 0 aliphatic carbocycles. The summed E-state index contributed by atoms with van der Waals surface area (Å²) in [6, 6.07) is 9.19. The first-order valence-corrected chi connectivity index (χ1v) is 8.93. The van der Waals surface area contributed by atoms with Crippen LogP contribution in [0, 0.1) is 12.7 Å². The first kappa shape index (κ1) is 19.2. The lowest BCUT2D eigenvalue weighted by Crippen LogP contribution is -2.38. The van der Waals surface area contributed by atoms with Gasteiger partial charge in [0.1, 0.15) is 12.4 Å². The summed E-state index contributed by atoms with van der Waals surface area (Å²) in [6.07, 6.45) is 0. The first-order valence-electron chi connectivity index (χ1n) is 8.55. The van der Waals surface area contributed by atoms with Gasteiger partial charge in [0.2, 0.25) is 5.91 Å². The van der Waals surface area contributed by atoms with Crippen LogP contribution in [0.4, 0.5) is 10.1 Å². The van der Waals surface area contributed by atoms with Gasteiger partial charge in [0.05, 0.1) is 16.4 Å². The molecule has 0 saturated carbocycles. The van der Waals surface area contributed by atoms with Gasteiger partial charge in [-0.15, -0.1) is 0 Å². The lowest BCUT2D eigenvalue weighted by molar-refractivity contribution is -0.117. The summed E-state index contributed by atoms with van der Waals surface area (Å²) >= 11 is 6.00. The summed E-state index contributed by atoms with van der Waals surface area (Å²) in [6.45, 7) is 7.31. The van der Waals surface area contributed by atoms with E-state index in [2.05, 4.69) is 5.32 Å². The number of amides is 1. The van der Waals surface area contributed by atoms with Crippen LogP contribution in [0.25, 0.3) is 10.9 Å². The Morgan fingerprint density at radius 2 is 1.89 bits per heavy atom. The number of rotatable bonds is 3. The fraction of sp³-hybridized carbons (Fsp3) is 0.300. The standard InChI is InChI=1S/C20H21ClFN3O2/c1-12-5-6-13(21)9-16(12)23-18(26)11-24-17-10-14(22)7-8-15(17)19(27)25(24)20(2,3)4/h5-10H,11H2,1-4H3,(H,23,26). The molecule has 0 saturated heterocycles. The number of hydrogen-bond acceptors (Lipinski definition) is 2. The van der Waals surface area contributed by atoms with Gasteiger partial charge in [-0.2, -0.15) is 0 Å².